The lowest BCUT2D eigenvalue weighted by molar-refractivity contribution is 0.838. The number of anilines is 1. The molecule has 5 heteroatoms. The first-order chi connectivity index (χ1) is 5.86. The standard InChI is InChI=1S/C7H10N4O/c12-6-5-8-10-7(9-6)11-3-1-2-4-11/h5H,1-4H2,(H,9,10,12). The molecular formula is C7H10N4O. The minimum absolute atomic E-state index is 0.188. The van der Waals surface area contributed by atoms with Crippen LogP contribution in [0.5, 0.6) is 0 Å². The van der Waals surface area contributed by atoms with E-state index in [9.17, 15) is 4.79 Å². The van der Waals surface area contributed by atoms with Gasteiger partial charge in [0.05, 0.1) is 0 Å². The van der Waals surface area contributed by atoms with E-state index in [2.05, 4.69) is 15.2 Å². The van der Waals surface area contributed by atoms with E-state index in [0.29, 0.717) is 5.95 Å². The van der Waals surface area contributed by atoms with Crippen LogP contribution >= 0.6 is 0 Å². The quantitative estimate of drug-likeness (QED) is 0.625. The van der Waals surface area contributed by atoms with Gasteiger partial charge in [-0.05, 0) is 12.8 Å². The maximum absolute atomic E-state index is 10.9. The van der Waals surface area contributed by atoms with E-state index in [1.807, 2.05) is 4.90 Å². The van der Waals surface area contributed by atoms with Crippen LogP contribution < -0.4 is 10.5 Å². The fourth-order valence-corrected chi connectivity index (χ4v) is 1.37. The third-order valence-corrected chi connectivity index (χ3v) is 1.97. The molecule has 1 aliphatic heterocycles. The number of rotatable bonds is 1. The summed E-state index contributed by atoms with van der Waals surface area (Å²) in [6.07, 6.45) is 3.51. The van der Waals surface area contributed by atoms with Gasteiger partial charge < -0.3 is 4.90 Å². The Labute approximate surface area is 69.4 Å². The number of hydrogen-bond donors (Lipinski definition) is 1. The molecule has 0 saturated carbocycles. The highest BCUT2D eigenvalue weighted by atomic mass is 16.1. The maximum atomic E-state index is 10.9. The molecule has 1 aromatic heterocycles. The first-order valence-electron chi connectivity index (χ1n) is 4.03. The van der Waals surface area contributed by atoms with Crippen LogP contribution in [0.25, 0.3) is 0 Å². The van der Waals surface area contributed by atoms with Gasteiger partial charge in [0.25, 0.3) is 5.56 Å². The van der Waals surface area contributed by atoms with Crippen molar-refractivity contribution in [3.63, 3.8) is 0 Å². The Hall–Kier alpha value is -1.39. The van der Waals surface area contributed by atoms with Crippen LogP contribution in [0.4, 0.5) is 5.95 Å². The van der Waals surface area contributed by atoms with Crippen molar-refractivity contribution in [1.29, 1.82) is 0 Å². The predicted octanol–water partition coefficient (Wildman–Crippen LogP) is -0.235. The average Bonchev–Trinajstić information content (AvgIpc) is 2.56. The summed E-state index contributed by atoms with van der Waals surface area (Å²) in [5.74, 6) is 0.597. The molecule has 0 amide bonds. The van der Waals surface area contributed by atoms with Crippen LogP contribution in [0.3, 0.4) is 0 Å². The number of H-pyrrole nitrogens is 1. The molecule has 5 nitrogen and oxygen atoms in total. The van der Waals surface area contributed by atoms with Crippen molar-refractivity contribution >= 4 is 5.95 Å². The summed E-state index contributed by atoms with van der Waals surface area (Å²) in [7, 11) is 0. The van der Waals surface area contributed by atoms with E-state index in [0.717, 1.165) is 13.1 Å². The number of nitrogens with zero attached hydrogens (tertiary/aromatic N) is 3. The summed E-state index contributed by atoms with van der Waals surface area (Å²) in [6, 6.07) is 0. The molecule has 1 aliphatic rings. The Kier molecular flexibility index (Phi) is 1.77. The first-order valence-corrected chi connectivity index (χ1v) is 4.03. The molecule has 1 fully saturated rings. The van der Waals surface area contributed by atoms with Crippen molar-refractivity contribution in [1.82, 2.24) is 15.2 Å². The van der Waals surface area contributed by atoms with Crippen LogP contribution in [0.15, 0.2) is 11.0 Å². The lowest BCUT2D eigenvalue weighted by Gasteiger charge is -2.13. The lowest BCUT2D eigenvalue weighted by Crippen LogP contribution is -2.24. The van der Waals surface area contributed by atoms with Gasteiger partial charge in [-0.3, -0.25) is 9.78 Å². The van der Waals surface area contributed by atoms with Crippen LogP contribution in [-0.4, -0.2) is 28.3 Å². The zero-order valence-electron chi connectivity index (χ0n) is 6.66. The second kappa shape index (κ2) is 2.92. The summed E-state index contributed by atoms with van der Waals surface area (Å²) in [5.41, 5.74) is -0.188. The second-order valence-corrected chi connectivity index (χ2v) is 2.85. The van der Waals surface area contributed by atoms with Gasteiger partial charge in [-0.1, -0.05) is 0 Å². The molecule has 2 heterocycles. The van der Waals surface area contributed by atoms with Gasteiger partial charge in [-0.2, -0.15) is 0 Å². The van der Waals surface area contributed by atoms with E-state index in [1.54, 1.807) is 0 Å². The molecule has 0 aliphatic carbocycles. The number of nitrogens with one attached hydrogen (secondary N) is 1. The molecule has 1 aromatic rings. The largest absolute Gasteiger partial charge is 0.341 e. The molecular weight excluding hydrogens is 156 g/mol. The second-order valence-electron chi connectivity index (χ2n) is 2.85. The summed E-state index contributed by atoms with van der Waals surface area (Å²) >= 11 is 0. The molecule has 0 unspecified atom stereocenters. The summed E-state index contributed by atoms with van der Waals surface area (Å²) in [6.45, 7) is 1.93. The van der Waals surface area contributed by atoms with Gasteiger partial charge in [-0.15, -0.1) is 10.2 Å². The van der Waals surface area contributed by atoms with E-state index < -0.39 is 0 Å². The molecule has 0 bridgehead atoms. The van der Waals surface area contributed by atoms with Crippen LogP contribution in [0.2, 0.25) is 0 Å². The Morgan fingerprint density at radius 3 is 2.83 bits per heavy atom. The number of aromatic amines is 1. The average molecular weight is 166 g/mol. The van der Waals surface area contributed by atoms with Gasteiger partial charge in [0.2, 0.25) is 5.95 Å². The minimum atomic E-state index is -0.188. The van der Waals surface area contributed by atoms with E-state index >= 15 is 0 Å². The fourth-order valence-electron chi connectivity index (χ4n) is 1.37. The Morgan fingerprint density at radius 2 is 2.17 bits per heavy atom. The van der Waals surface area contributed by atoms with E-state index in [4.69, 9.17) is 0 Å². The molecule has 64 valence electrons. The molecule has 1 saturated heterocycles. The van der Waals surface area contributed by atoms with Gasteiger partial charge in [-0.25, -0.2) is 0 Å². The SMILES string of the molecule is O=c1cnnc(N2CCCC2)[nH]1. The Bertz CT molecular complexity index is 315. The smallest absolute Gasteiger partial charge is 0.271 e. The first kappa shape index (κ1) is 7.27. The topological polar surface area (TPSA) is 61.9 Å². The fraction of sp³-hybridized carbons (Fsp3) is 0.571. The molecule has 0 aromatic carbocycles. The monoisotopic (exact) mass is 166 g/mol. The number of aromatic nitrogens is 3. The highest BCUT2D eigenvalue weighted by molar-refractivity contribution is 5.27. The highest BCUT2D eigenvalue weighted by Gasteiger charge is 2.13. The molecule has 0 radical (unpaired) electrons. The third kappa shape index (κ3) is 1.30. The van der Waals surface area contributed by atoms with Gasteiger partial charge in [0.1, 0.15) is 6.20 Å². The zero-order valence-corrected chi connectivity index (χ0v) is 6.66. The normalized spacial score (nSPS) is 16.8. The predicted molar refractivity (Wildman–Crippen MR) is 44.1 cm³/mol. The summed E-state index contributed by atoms with van der Waals surface area (Å²) in [4.78, 5) is 15.5. The molecule has 0 atom stereocenters. The molecule has 1 N–H and O–H groups in total. The van der Waals surface area contributed by atoms with E-state index in [1.165, 1.54) is 19.0 Å². The van der Waals surface area contributed by atoms with Crippen molar-refractivity contribution < 1.29 is 0 Å². The summed E-state index contributed by atoms with van der Waals surface area (Å²) < 4.78 is 0. The van der Waals surface area contributed by atoms with Crippen LogP contribution in [0, 0.1) is 0 Å². The van der Waals surface area contributed by atoms with Gasteiger partial charge in [0, 0.05) is 13.1 Å². The Balaban J connectivity index is 2.27. The van der Waals surface area contributed by atoms with Gasteiger partial charge in [0.15, 0.2) is 0 Å². The minimum Gasteiger partial charge on any atom is -0.341 e. The summed E-state index contributed by atoms with van der Waals surface area (Å²) in [5, 5.41) is 7.44. The molecule has 2 rings (SSSR count). The molecule has 12 heavy (non-hydrogen) atoms. The number of hydrogen-bond acceptors (Lipinski definition) is 4. The van der Waals surface area contributed by atoms with Gasteiger partial charge >= 0.3 is 0 Å². The van der Waals surface area contributed by atoms with Crippen LogP contribution in [-0.2, 0) is 0 Å². The van der Waals surface area contributed by atoms with Crippen molar-refractivity contribution in [3.8, 4) is 0 Å². The van der Waals surface area contributed by atoms with Crippen molar-refractivity contribution in [2.75, 3.05) is 18.0 Å². The lowest BCUT2D eigenvalue weighted by atomic mass is 10.4. The zero-order chi connectivity index (χ0) is 8.39. The van der Waals surface area contributed by atoms with Crippen molar-refractivity contribution in [2.45, 2.75) is 12.8 Å². The van der Waals surface area contributed by atoms with Crippen molar-refractivity contribution in [3.05, 3.63) is 16.6 Å². The molecule has 0 spiro atoms. The Morgan fingerprint density at radius 1 is 1.42 bits per heavy atom. The third-order valence-electron chi connectivity index (χ3n) is 1.97. The van der Waals surface area contributed by atoms with Crippen molar-refractivity contribution in [2.24, 2.45) is 0 Å². The van der Waals surface area contributed by atoms with Crippen LogP contribution in [0.1, 0.15) is 12.8 Å². The highest BCUT2D eigenvalue weighted by Crippen LogP contribution is 2.12. The van der Waals surface area contributed by atoms with E-state index in [-0.39, 0.29) is 5.56 Å². The maximum Gasteiger partial charge on any atom is 0.271 e.